The molecule has 1 aliphatic rings. The lowest BCUT2D eigenvalue weighted by atomic mass is 10.0. The molecule has 1 aromatic heterocycles. The molecular formula is C19H24N3O4S2+. The van der Waals surface area contributed by atoms with Crippen LogP contribution in [0.25, 0.3) is 0 Å². The number of amides is 2. The van der Waals surface area contributed by atoms with Gasteiger partial charge >= 0.3 is 0 Å². The molecule has 0 aliphatic carbocycles. The lowest BCUT2D eigenvalue weighted by molar-refractivity contribution is -0.936. The predicted molar refractivity (Wildman–Crippen MR) is 109 cm³/mol. The van der Waals surface area contributed by atoms with E-state index in [1.165, 1.54) is 40.5 Å². The van der Waals surface area contributed by atoms with Crippen molar-refractivity contribution >= 4 is 38.0 Å². The Labute approximate surface area is 168 Å². The van der Waals surface area contributed by atoms with Crippen LogP contribution in [0.1, 0.15) is 45.0 Å². The normalized spacial score (nSPS) is 16.6. The zero-order chi connectivity index (χ0) is 20.6. The van der Waals surface area contributed by atoms with Gasteiger partial charge in [0.05, 0.1) is 27.9 Å². The van der Waals surface area contributed by atoms with Crippen molar-refractivity contribution in [3.63, 3.8) is 0 Å². The standard InChI is InChI=1S/C19H23N3O4S2/c1-11(2)22-9-8-14-15(10-22)27-19(16(14)17(20)23)21-18(24)12-4-6-13(7-5-12)28(3,25)26/h4-7,11H,8-10H2,1-3H3,(H2,20,23)(H,21,24)/p+1. The second kappa shape index (κ2) is 7.65. The van der Waals surface area contributed by atoms with Crippen LogP contribution in [-0.4, -0.2) is 39.1 Å². The molecule has 0 bridgehead atoms. The minimum Gasteiger partial charge on any atom is -0.365 e. The molecule has 0 fully saturated rings. The predicted octanol–water partition coefficient (Wildman–Crippen LogP) is 0.852. The first-order chi connectivity index (χ1) is 13.1. The number of hydrogen-bond acceptors (Lipinski definition) is 5. The number of carbonyl (C=O) groups is 2. The van der Waals surface area contributed by atoms with Crippen molar-refractivity contribution in [1.29, 1.82) is 0 Å². The maximum Gasteiger partial charge on any atom is 0.256 e. The van der Waals surface area contributed by atoms with Crippen LogP contribution in [0.5, 0.6) is 0 Å². The number of nitrogens with one attached hydrogen (secondary N) is 2. The fourth-order valence-corrected chi connectivity index (χ4v) is 5.30. The summed E-state index contributed by atoms with van der Waals surface area (Å²) >= 11 is 1.39. The number of carbonyl (C=O) groups excluding carboxylic acids is 2. The summed E-state index contributed by atoms with van der Waals surface area (Å²) in [5.41, 5.74) is 7.24. The first kappa shape index (κ1) is 20.5. The molecule has 9 heteroatoms. The van der Waals surface area contributed by atoms with E-state index in [1.54, 1.807) is 0 Å². The van der Waals surface area contributed by atoms with E-state index in [-0.39, 0.29) is 4.90 Å². The molecule has 1 aliphatic heterocycles. The SMILES string of the molecule is CC(C)[NH+]1CCc2c(sc(NC(=O)c3ccc(S(C)(=O)=O)cc3)c2C(N)=O)C1. The molecular weight excluding hydrogens is 398 g/mol. The van der Waals surface area contributed by atoms with Crippen molar-refractivity contribution in [3.05, 3.63) is 45.8 Å². The Morgan fingerprint density at radius 3 is 2.39 bits per heavy atom. The number of primary amides is 1. The van der Waals surface area contributed by atoms with E-state index in [2.05, 4.69) is 19.2 Å². The molecule has 1 atom stereocenters. The zero-order valence-electron chi connectivity index (χ0n) is 16.0. The summed E-state index contributed by atoms with van der Waals surface area (Å²) in [6.45, 7) is 6.04. The maximum atomic E-state index is 12.6. The number of rotatable bonds is 5. The molecule has 150 valence electrons. The van der Waals surface area contributed by atoms with E-state index < -0.39 is 21.7 Å². The van der Waals surface area contributed by atoms with Gasteiger partial charge < -0.3 is 16.0 Å². The van der Waals surface area contributed by atoms with Crippen molar-refractivity contribution in [2.24, 2.45) is 5.73 Å². The summed E-state index contributed by atoms with van der Waals surface area (Å²) in [4.78, 5) is 27.3. The van der Waals surface area contributed by atoms with Gasteiger partial charge in [-0.3, -0.25) is 9.59 Å². The van der Waals surface area contributed by atoms with E-state index in [9.17, 15) is 18.0 Å². The zero-order valence-corrected chi connectivity index (χ0v) is 17.7. The summed E-state index contributed by atoms with van der Waals surface area (Å²) in [5.74, 6) is -0.956. The van der Waals surface area contributed by atoms with Gasteiger partial charge in [-0.15, -0.1) is 11.3 Å². The van der Waals surface area contributed by atoms with Gasteiger partial charge in [-0.05, 0) is 43.7 Å². The van der Waals surface area contributed by atoms with Crippen LogP contribution in [0.4, 0.5) is 5.00 Å². The van der Waals surface area contributed by atoms with Gasteiger partial charge in [0, 0.05) is 18.2 Å². The number of nitrogens with two attached hydrogens (primary N) is 1. The number of fused-ring (bicyclic) bond motifs is 1. The Kier molecular flexibility index (Phi) is 5.60. The molecule has 1 aromatic carbocycles. The summed E-state index contributed by atoms with van der Waals surface area (Å²) in [7, 11) is -3.33. The first-order valence-corrected chi connectivity index (χ1v) is 11.7. The van der Waals surface area contributed by atoms with Crippen LogP contribution in [0.2, 0.25) is 0 Å². The van der Waals surface area contributed by atoms with Crippen molar-refractivity contribution in [3.8, 4) is 0 Å². The van der Waals surface area contributed by atoms with E-state index in [4.69, 9.17) is 5.73 Å². The smallest absolute Gasteiger partial charge is 0.256 e. The maximum absolute atomic E-state index is 12.6. The van der Waals surface area contributed by atoms with Gasteiger partial charge in [0.25, 0.3) is 11.8 Å². The van der Waals surface area contributed by atoms with Crippen LogP contribution in [0.3, 0.4) is 0 Å². The van der Waals surface area contributed by atoms with Crippen LogP contribution < -0.4 is 16.0 Å². The summed E-state index contributed by atoms with van der Waals surface area (Å²) < 4.78 is 23.1. The van der Waals surface area contributed by atoms with E-state index >= 15 is 0 Å². The summed E-state index contributed by atoms with van der Waals surface area (Å²) in [6, 6.07) is 6.16. The quantitative estimate of drug-likeness (QED) is 0.663. The Morgan fingerprint density at radius 2 is 1.86 bits per heavy atom. The molecule has 2 amide bonds. The van der Waals surface area contributed by atoms with E-state index in [1.807, 2.05) is 0 Å². The average Bonchev–Trinajstić information content (AvgIpc) is 2.98. The summed E-state index contributed by atoms with van der Waals surface area (Å²) in [5, 5.41) is 3.25. The highest BCUT2D eigenvalue weighted by Crippen LogP contribution is 2.34. The molecule has 4 N–H and O–H groups in total. The van der Waals surface area contributed by atoms with Gasteiger partial charge in [0.1, 0.15) is 11.5 Å². The molecule has 28 heavy (non-hydrogen) atoms. The number of quaternary nitrogens is 1. The third-order valence-corrected chi connectivity index (χ3v) is 7.28. The largest absolute Gasteiger partial charge is 0.365 e. The molecule has 2 heterocycles. The number of hydrogen-bond donors (Lipinski definition) is 3. The van der Waals surface area contributed by atoms with Gasteiger partial charge in [-0.25, -0.2) is 8.42 Å². The highest BCUT2D eigenvalue weighted by atomic mass is 32.2. The van der Waals surface area contributed by atoms with Crippen molar-refractivity contribution < 1.29 is 22.9 Å². The molecule has 2 aromatic rings. The fraction of sp³-hybridized carbons (Fsp3) is 0.368. The van der Waals surface area contributed by atoms with Gasteiger partial charge in [-0.2, -0.15) is 0 Å². The Hall–Kier alpha value is -2.23. The lowest BCUT2D eigenvalue weighted by Gasteiger charge is -2.27. The molecule has 0 radical (unpaired) electrons. The topological polar surface area (TPSA) is 111 Å². The van der Waals surface area contributed by atoms with Crippen LogP contribution in [0.15, 0.2) is 29.2 Å². The molecule has 1 unspecified atom stereocenters. The fourth-order valence-electron chi connectivity index (χ4n) is 3.37. The first-order valence-electron chi connectivity index (χ1n) is 8.98. The Morgan fingerprint density at radius 1 is 1.21 bits per heavy atom. The highest BCUT2D eigenvalue weighted by molar-refractivity contribution is 7.90. The number of sulfone groups is 1. The van der Waals surface area contributed by atoms with Crippen molar-refractivity contribution in [2.45, 2.75) is 37.8 Å². The third kappa shape index (κ3) is 4.11. The van der Waals surface area contributed by atoms with Crippen LogP contribution >= 0.6 is 11.3 Å². The van der Waals surface area contributed by atoms with E-state index in [0.717, 1.165) is 36.2 Å². The second-order valence-electron chi connectivity index (χ2n) is 7.31. The van der Waals surface area contributed by atoms with Crippen LogP contribution in [0, 0.1) is 0 Å². The average molecular weight is 423 g/mol. The molecule has 7 nitrogen and oxygen atoms in total. The van der Waals surface area contributed by atoms with Gasteiger partial charge in [0.2, 0.25) is 0 Å². The van der Waals surface area contributed by atoms with Crippen LogP contribution in [-0.2, 0) is 22.8 Å². The Bertz CT molecular complexity index is 1020. The number of thiophene rings is 1. The minimum atomic E-state index is -3.33. The monoisotopic (exact) mass is 422 g/mol. The highest BCUT2D eigenvalue weighted by Gasteiger charge is 2.30. The Balaban J connectivity index is 1.88. The van der Waals surface area contributed by atoms with Gasteiger partial charge in [0.15, 0.2) is 9.84 Å². The number of anilines is 1. The lowest BCUT2D eigenvalue weighted by Crippen LogP contribution is -3.14. The van der Waals surface area contributed by atoms with E-state index in [0.29, 0.717) is 22.2 Å². The number of benzene rings is 1. The molecule has 3 rings (SSSR count). The molecule has 0 spiro atoms. The molecule has 0 saturated carbocycles. The van der Waals surface area contributed by atoms with Crippen molar-refractivity contribution in [1.82, 2.24) is 0 Å². The van der Waals surface area contributed by atoms with Gasteiger partial charge in [-0.1, -0.05) is 0 Å². The second-order valence-corrected chi connectivity index (χ2v) is 10.4. The van der Waals surface area contributed by atoms with Crippen molar-refractivity contribution in [2.75, 3.05) is 18.1 Å². The minimum absolute atomic E-state index is 0.144. The molecule has 0 saturated heterocycles. The third-order valence-electron chi connectivity index (χ3n) is 5.01. The summed E-state index contributed by atoms with van der Waals surface area (Å²) in [6.07, 6.45) is 1.86.